The van der Waals surface area contributed by atoms with Crippen LogP contribution in [0.3, 0.4) is 0 Å². The van der Waals surface area contributed by atoms with Gasteiger partial charge in [0.2, 0.25) is 5.16 Å². The van der Waals surface area contributed by atoms with Gasteiger partial charge in [-0.25, -0.2) is 4.68 Å². The number of hydrogen-bond acceptors (Lipinski definition) is 10. The van der Waals surface area contributed by atoms with E-state index in [1.165, 1.54) is 40.7 Å². The van der Waals surface area contributed by atoms with Gasteiger partial charge in [0.15, 0.2) is 5.82 Å². The highest BCUT2D eigenvalue weighted by atomic mass is 32.2. The van der Waals surface area contributed by atoms with E-state index < -0.39 is 9.85 Å². The number of aromatic nitrogens is 6. The predicted octanol–water partition coefficient (Wildman–Crippen LogP) is 4.52. The minimum Gasteiger partial charge on any atom is -0.258 e. The SMILES string of the molecule is O=[N+]([O-])c1ccc(/C=N/n2c(SCc3cn(-c4ccc([N+](=O)[O-])cc4)nn3)nnc2-c2ccccc2)cc1. The monoisotopic (exact) mass is 527 g/mol. The number of hydrogen-bond donors (Lipinski definition) is 0. The molecule has 0 saturated heterocycles. The number of nitro groups is 2. The summed E-state index contributed by atoms with van der Waals surface area (Å²) in [6.45, 7) is 0. The van der Waals surface area contributed by atoms with Crippen molar-refractivity contribution in [2.24, 2.45) is 5.10 Å². The molecule has 0 aliphatic heterocycles. The molecule has 13 nitrogen and oxygen atoms in total. The Morgan fingerprint density at radius 2 is 1.50 bits per heavy atom. The highest BCUT2D eigenvalue weighted by molar-refractivity contribution is 7.98. The lowest BCUT2D eigenvalue weighted by Crippen LogP contribution is -1.97. The van der Waals surface area contributed by atoms with E-state index in [9.17, 15) is 20.2 Å². The Morgan fingerprint density at radius 3 is 2.16 bits per heavy atom. The highest BCUT2D eigenvalue weighted by Crippen LogP contribution is 2.26. The molecule has 0 spiro atoms. The standard InChI is InChI=1S/C24H17N9O4S/c34-32(35)21-8-6-17(7-9-21)14-25-31-23(18-4-2-1-3-5-18)27-28-24(31)38-16-19-15-30(29-26-19)20-10-12-22(13-11-20)33(36)37/h1-15H,16H2/b25-14+. The van der Waals surface area contributed by atoms with Crippen LogP contribution < -0.4 is 0 Å². The Kier molecular flexibility index (Phi) is 6.95. The van der Waals surface area contributed by atoms with Gasteiger partial charge in [-0.2, -0.15) is 9.78 Å². The summed E-state index contributed by atoms with van der Waals surface area (Å²) in [4.78, 5) is 20.9. The molecule has 2 aromatic heterocycles. The molecule has 3 aromatic carbocycles. The second-order valence-electron chi connectivity index (χ2n) is 7.79. The summed E-state index contributed by atoms with van der Waals surface area (Å²) in [6, 6.07) is 21.5. The summed E-state index contributed by atoms with van der Waals surface area (Å²) < 4.78 is 3.13. The van der Waals surface area contributed by atoms with E-state index in [4.69, 9.17) is 0 Å². The van der Waals surface area contributed by atoms with E-state index in [1.54, 1.807) is 41.4 Å². The number of non-ortho nitro benzene ring substituents is 2. The van der Waals surface area contributed by atoms with E-state index >= 15 is 0 Å². The maximum absolute atomic E-state index is 10.9. The molecule has 188 valence electrons. The Hall–Kier alpha value is -5.24. The molecule has 0 aliphatic carbocycles. The highest BCUT2D eigenvalue weighted by Gasteiger charge is 2.15. The first-order valence-electron chi connectivity index (χ1n) is 11.1. The Labute approximate surface area is 218 Å². The van der Waals surface area contributed by atoms with Gasteiger partial charge in [0.05, 0.1) is 33.6 Å². The van der Waals surface area contributed by atoms with Gasteiger partial charge in [-0.15, -0.1) is 15.3 Å². The number of rotatable bonds is 9. The summed E-state index contributed by atoms with van der Waals surface area (Å²) in [7, 11) is 0. The van der Waals surface area contributed by atoms with Crippen molar-refractivity contribution in [1.82, 2.24) is 29.9 Å². The molecule has 0 atom stereocenters. The number of benzene rings is 3. The molecule has 0 amide bonds. The number of thioether (sulfide) groups is 1. The van der Waals surface area contributed by atoms with E-state index in [-0.39, 0.29) is 11.4 Å². The van der Waals surface area contributed by atoms with Crippen LogP contribution in [0.25, 0.3) is 17.1 Å². The molecule has 0 unspecified atom stereocenters. The topological polar surface area (TPSA) is 160 Å². The first-order valence-corrected chi connectivity index (χ1v) is 12.0. The fourth-order valence-electron chi connectivity index (χ4n) is 3.39. The summed E-state index contributed by atoms with van der Waals surface area (Å²) in [5.41, 5.74) is 2.77. The quantitative estimate of drug-likeness (QED) is 0.116. The van der Waals surface area contributed by atoms with Crippen LogP contribution >= 0.6 is 11.8 Å². The first kappa shape index (κ1) is 24.5. The minimum absolute atomic E-state index is 0.00515. The van der Waals surface area contributed by atoms with Gasteiger partial charge in [-0.3, -0.25) is 20.2 Å². The number of nitro benzene ring substituents is 2. The third kappa shape index (κ3) is 5.44. The molecule has 0 aliphatic rings. The fraction of sp³-hybridized carbons (Fsp3) is 0.0417. The third-order valence-corrected chi connectivity index (χ3v) is 6.24. The van der Waals surface area contributed by atoms with Crippen molar-refractivity contribution in [3.05, 3.63) is 117 Å². The summed E-state index contributed by atoms with van der Waals surface area (Å²) in [5.74, 6) is 0.938. The predicted molar refractivity (Wildman–Crippen MR) is 139 cm³/mol. The molecule has 0 N–H and O–H groups in total. The second kappa shape index (κ2) is 10.8. The lowest BCUT2D eigenvalue weighted by atomic mass is 10.2. The van der Waals surface area contributed by atoms with Crippen molar-refractivity contribution in [2.75, 3.05) is 0 Å². The average molecular weight is 528 g/mol. The number of nitrogens with zero attached hydrogens (tertiary/aromatic N) is 9. The fourth-order valence-corrected chi connectivity index (χ4v) is 4.15. The zero-order valence-corrected chi connectivity index (χ0v) is 20.3. The normalized spacial score (nSPS) is 11.2. The van der Waals surface area contributed by atoms with Crippen molar-refractivity contribution in [2.45, 2.75) is 10.9 Å². The zero-order chi connectivity index (χ0) is 26.5. The molecular formula is C24H17N9O4S. The van der Waals surface area contributed by atoms with Gasteiger partial charge >= 0.3 is 0 Å². The van der Waals surface area contributed by atoms with Crippen molar-refractivity contribution >= 4 is 29.4 Å². The van der Waals surface area contributed by atoms with Crippen LogP contribution in [0.2, 0.25) is 0 Å². The van der Waals surface area contributed by atoms with Crippen LogP contribution in [0.15, 0.2) is 95.3 Å². The van der Waals surface area contributed by atoms with Gasteiger partial charge in [-0.05, 0) is 29.8 Å². The summed E-state index contributed by atoms with van der Waals surface area (Å²) >= 11 is 1.35. The van der Waals surface area contributed by atoms with Crippen LogP contribution in [-0.2, 0) is 5.75 Å². The van der Waals surface area contributed by atoms with E-state index in [0.717, 1.165) is 5.56 Å². The summed E-state index contributed by atoms with van der Waals surface area (Å²) in [6.07, 6.45) is 3.31. The lowest BCUT2D eigenvalue weighted by Gasteiger charge is -2.04. The van der Waals surface area contributed by atoms with Gasteiger partial charge in [0, 0.05) is 35.6 Å². The van der Waals surface area contributed by atoms with Gasteiger partial charge in [-0.1, -0.05) is 47.3 Å². The van der Waals surface area contributed by atoms with Crippen LogP contribution in [-0.4, -0.2) is 45.9 Å². The minimum atomic E-state index is -0.461. The van der Waals surface area contributed by atoms with Crippen molar-refractivity contribution in [1.29, 1.82) is 0 Å². The van der Waals surface area contributed by atoms with Crippen molar-refractivity contribution in [3.8, 4) is 17.1 Å². The maximum atomic E-state index is 10.9. The Balaban J connectivity index is 1.37. The molecule has 0 bridgehead atoms. The first-order chi connectivity index (χ1) is 18.5. The molecule has 5 rings (SSSR count). The van der Waals surface area contributed by atoms with Gasteiger partial charge in [0.1, 0.15) is 0 Å². The molecule has 0 fully saturated rings. The lowest BCUT2D eigenvalue weighted by molar-refractivity contribution is -0.385. The van der Waals surface area contributed by atoms with Gasteiger partial charge in [0.25, 0.3) is 11.4 Å². The van der Waals surface area contributed by atoms with Crippen molar-refractivity contribution in [3.63, 3.8) is 0 Å². The van der Waals surface area contributed by atoms with Crippen LogP contribution in [0.1, 0.15) is 11.3 Å². The third-order valence-electron chi connectivity index (χ3n) is 5.29. The molecule has 14 heteroatoms. The van der Waals surface area contributed by atoms with Gasteiger partial charge < -0.3 is 0 Å². The van der Waals surface area contributed by atoms with E-state index in [1.807, 2.05) is 30.3 Å². The molecule has 0 radical (unpaired) electrons. The molecular weight excluding hydrogens is 510 g/mol. The summed E-state index contributed by atoms with van der Waals surface area (Å²) in [5, 5.41) is 43.8. The smallest absolute Gasteiger partial charge is 0.258 e. The van der Waals surface area contributed by atoms with E-state index in [2.05, 4.69) is 25.6 Å². The Bertz CT molecular complexity index is 1620. The van der Waals surface area contributed by atoms with Crippen molar-refractivity contribution < 1.29 is 9.85 Å². The molecule has 5 aromatic rings. The molecule has 2 heterocycles. The largest absolute Gasteiger partial charge is 0.269 e. The molecule has 38 heavy (non-hydrogen) atoms. The molecule has 0 saturated carbocycles. The Morgan fingerprint density at radius 1 is 0.842 bits per heavy atom. The average Bonchev–Trinajstić information content (AvgIpc) is 3.58. The van der Waals surface area contributed by atoms with Crippen LogP contribution in [0, 0.1) is 20.2 Å². The van der Waals surface area contributed by atoms with E-state index in [0.29, 0.717) is 33.7 Å². The van der Waals surface area contributed by atoms with Crippen LogP contribution in [0.4, 0.5) is 11.4 Å². The van der Waals surface area contributed by atoms with Crippen LogP contribution in [0.5, 0.6) is 0 Å². The second-order valence-corrected chi connectivity index (χ2v) is 8.74. The maximum Gasteiger partial charge on any atom is 0.269 e. The zero-order valence-electron chi connectivity index (χ0n) is 19.4.